The monoisotopic (exact) mass is 346 g/mol. The summed E-state index contributed by atoms with van der Waals surface area (Å²) in [4.78, 5) is 28.1. The zero-order chi connectivity index (χ0) is 18.1. The number of carbonyl (C=O) groups is 2. The van der Waals surface area contributed by atoms with E-state index in [0.717, 1.165) is 35.6 Å². The summed E-state index contributed by atoms with van der Waals surface area (Å²) in [7, 11) is 0. The van der Waals surface area contributed by atoms with Crippen molar-refractivity contribution in [3.63, 3.8) is 0 Å². The average molecular weight is 346 g/mol. The van der Waals surface area contributed by atoms with E-state index in [4.69, 9.17) is 5.11 Å². The summed E-state index contributed by atoms with van der Waals surface area (Å²) in [5.74, 6) is -0.0535. The topological polar surface area (TPSA) is 79.3 Å². The van der Waals surface area contributed by atoms with Gasteiger partial charge in [0.1, 0.15) is 0 Å². The van der Waals surface area contributed by atoms with E-state index in [1.165, 1.54) is 0 Å². The van der Waals surface area contributed by atoms with Crippen LogP contribution >= 0.6 is 0 Å². The molecule has 1 fully saturated rings. The number of benzene rings is 2. The second-order valence-electron chi connectivity index (χ2n) is 6.67. The molecular weight excluding hydrogens is 328 g/mol. The fourth-order valence-corrected chi connectivity index (χ4v) is 3.64. The molecule has 1 saturated carbocycles. The highest BCUT2D eigenvalue weighted by atomic mass is 16.4. The van der Waals surface area contributed by atoms with E-state index in [-0.39, 0.29) is 5.78 Å². The van der Waals surface area contributed by atoms with Gasteiger partial charge in [-0.3, -0.25) is 9.78 Å². The minimum atomic E-state index is -1.02. The van der Waals surface area contributed by atoms with Crippen molar-refractivity contribution in [2.45, 2.75) is 24.8 Å². The van der Waals surface area contributed by atoms with Crippen LogP contribution in [0.5, 0.6) is 0 Å². The lowest BCUT2D eigenvalue weighted by molar-refractivity contribution is 0.103. The Hall–Kier alpha value is -3.21. The first kappa shape index (κ1) is 16.3. The van der Waals surface area contributed by atoms with E-state index in [2.05, 4.69) is 10.3 Å². The van der Waals surface area contributed by atoms with Crippen LogP contribution in [0.4, 0.5) is 4.79 Å². The Labute approximate surface area is 150 Å². The van der Waals surface area contributed by atoms with Crippen LogP contribution < -0.4 is 5.32 Å². The Morgan fingerprint density at radius 2 is 1.81 bits per heavy atom. The summed E-state index contributed by atoms with van der Waals surface area (Å²) < 4.78 is 0. The number of ketones is 1. The number of carbonyl (C=O) groups excluding carboxylic acids is 1. The summed E-state index contributed by atoms with van der Waals surface area (Å²) in [5.41, 5.74) is 1.62. The molecule has 1 heterocycles. The Morgan fingerprint density at radius 1 is 1.04 bits per heavy atom. The lowest BCUT2D eigenvalue weighted by Crippen LogP contribution is -2.50. The highest BCUT2D eigenvalue weighted by molar-refractivity contribution is 6.16. The van der Waals surface area contributed by atoms with Crippen molar-refractivity contribution in [2.75, 3.05) is 0 Å². The quantitative estimate of drug-likeness (QED) is 0.697. The van der Waals surface area contributed by atoms with Gasteiger partial charge in [-0.15, -0.1) is 0 Å². The van der Waals surface area contributed by atoms with E-state index < -0.39 is 11.6 Å². The van der Waals surface area contributed by atoms with Crippen LogP contribution in [0.15, 0.2) is 60.9 Å². The van der Waals surface area contributed by atoms with E-state index in [1.807, 2.05) is 36.4 Å². The van der Waals surface area contributed by atoms with Crippen molar-refractivity contribution < 1.29 is 14.7 Å². The van der Waals surface area contributed by atoms with Gasteiger partial charge < -0.3 is 10.4 Å². The number of nitrogens with zero attached hydrogens (tertiary/aromatic N) is 1. The van der Waals surface area contributed by atoms with Crippen LogP contribution in [0.2, 0.25) is 0 Å². The van der Waals surface area contributed by atoms with Crippen LogP contribution in [0.25, 0.3) is 10.8 Å². The third-order valence-corrected chi connectivity index (χ3v) is 5.18. The number of hydrogen-bond donors (Lipinski definition) is 2. The molecule has 3 aromatic rings. The van der Waals surface area contributed by atoms with Gasteiger partial charge in [0.2, 0.25) is 0 Å². The van der Waals surface area contributed by atoms with Crippen LogP contribution in [0.1, 0.15) is 40.7 Å². The van der Waals surface area contributed by atoms with Gasteiger partial charge in [-0.2, -0.15) is 0 Å². The Morgan fingerprint density at radius 3 is 2.46 bits per heavy atom. The molecule has 130 valence electrons. The predicted molar refractivity (Wildman–Crippen MR) is 98.3 cm³/mol. The lowest BCUT2D eigenvalue weighted by Gasteiger charge is -2.42. The third kappa shape index (κ3) is 2.71. The molecule has 0 spiro atoms. The predicted octanol–water partition coefficient (Wildman–Crippen LogP) is 4.11. The second-order valence-corrected chi connectivity index (χ2v) is 6.67. The number of amides is 1. The molecule has 1 aliphatic carbocycles. The summed E-state index contributed by atoms with van der Waals surface area (Å²) >= 11 is 0. The van der Waals surface area contributed by atoms with Gasteiger partial charge in [-0.1, -0.05) is 42.5 Å². The summed E-state index contributed by atoms with van der Waals surface area (Å²) in [6.07, 6.45) is 4.96. The first-order valence-electron chi connectivity index (χ1n) is 8.58. The van der Waals surface area contributed by atoms with E-state index >= 15 is 0 Å². The summed E-state index contributed by atoms with van der Waals surface area (Å²) in [6, 6.07) is 14.7. The molecule has 0 bridgehead atoms. The van der Waals surface area contributed by atoms with Crippen molar-refractivity contribution in [3.05, 3.63) is 77.6 Å². The zero-order valence-corrected chi connectivity index (χ0v) is 14.1. The molecule has 0 atom stereocenters. The second kappa shape index (κ2) is 6.26. The van der Waals surface area contributed by atoms with Gasteiger partial charge in [-0.25, -0.2) is 4.79 Å². The highest BCUT2D eigenvalue weighted by Crippen LogP contribution is 2.41. The molecule has 2 aromatic carbocycles. The third-order valence-electron chi connectivity index (χ3n) is 5.18. The molecule has 4 rings (SSSR count). The van der Waals surface area contributed by atoms with Crippen LogP contribution in [0, 0.1) is 0 Å². The van der Waals surface area contributed by atoms with Gasteiger partial charge in [-0.05, 0) is 36.3 Å². The van der Waals surface area contributed by atoms with Crippen molar-refractivity contribution in [3.8, 4) is 0 Å². The zero-order valence-electron chi connectivity index (χ0n) is 14.1. The molecule has 5 heteroatoms. The molecule has 0 aliphatic heterocycles. The minimum Gasteiger partial charge on any atom is -0.465 e. The van der Waals surface area contributed by atoms with E-state index in [0.29, 0.717) is 11.1 Å². The van der Waals surface area contributed by atoms with E-state index in [9.17, 15) is 9.59 Å². The van der Waals surface area contributed by atoms with Crippen molar-refractivity contribution >= 4 is 22.6 Å². The largest absolute Gasteiger partial charge is 0.465 e. The SMILES string of the molecule is O=C(O)NC1(c2ccc(C(=O)c3cccc4cnccc34)cc2)CCC1. The lowest BCUT2D eigenvalue weighted by atomic mass is 9.71. The van der Waals surface area contributed by atoms with E-state index in [1.54, 1.807) is 24.5 Å². The highest BCUT2D eigenvalue weighted by Gasteiger charge is 2.40. The number of carboxylic acid groups (broad SMARTS) is 1. The molecule has 5 nitrogen and oxygen atoms in total. The molecule has 2 N–H and O–H groups in total. The van der Waals surface area contributed by atoms with Crippen molar-refractivity contribution in [2.24, 2.45) is 0 Å². The smallest absolute Gasteiger partial charge is 0.405 e. The minimum absolute atomic E-state index is 0.0535. The molecule has 1 amide bonds. The standard InChI is InChI=1S/C21H18N2O3/c24-19(18-4-1-3-15-13-22-12-9-17(15)18)14-5-7-16(8-6-14)21(10-2-11-21)23-20(25)26/h1,3-9,12-13,23H,2,10-11H2,(H,25,26). The van der Waals surface area contributed by atoms with Gasteiger partial charge in [0.15, 0.2) is 5.78 Å². The summed E-state index contributed by atoms with van der Waals surface area (Å²) in [6.45, 7) is 0. The maximum absolute atomic E-state index is 13.0. The Balaban J connectivity index is 1.66. The number of fused-ring (bicyclic) bond motifs is 1. The fraction of sp³-hybridized carbons (Fsp3) is 0.190. The Kier molecular flexibility index (Phi) is 3.92. The normalized spacial score (nSPS) is 15.2. The number of aromatic nitrogens is 1. The van der Waals surface area contributed by atoms with Crippen LogP contribution in [-0.2, 0) is 5.54 Å². The molecule has 1 aromatic heterocycles. The van der Waals surface area contributed by atoms with Gasteiger partial charge in [0, 0.05) is 28.9 Å². The maximum Gasteiger partial charge on any atom is 0.405 e. The fourth-order valence-electron chi connectivity index (χ4n) is 3.64. The number of rotatable bonds is 4. The van der Waals surface area contributed by atoms with Gasteiger partial charge >= 0.3 is 6.09 Å². The summed E-state index contributed by atoms with van der Waals surface area (Å²) in [5, 5.41) is 13.5. The number of nitrogens with one attached hydrogen (secondary N) is 1. The van der Waals surface area contributed by atoms with Gasteiger partial charge in [0.25, 0.3) is 0 Å². The molecular formula is C21H18N2O3. The van der Waals surface area contributed by atoms with Gasteiger partial charge in [0.05, 0.1) is 5.54 Å². The first-order chi connectivity index (χ1) is 12.6. The molecule has 0 radical (unpaired) electrons. The van der Waals surface area contributed by atoms with Crippen LogP contribution in [-0.4, -0.2) is 22.0 Å². The molecule has 0 unspecified atom stereocenters. The Bertz CT molecular complexity index is 986. The van der Waals surface area contributed by atoms with Crippen molar-refractivity contribution in [1.29, 1.82) is 0 Å². The maximum atomic E-state index is 13.0. The molecule has 1 aliphatic rings. The van der Waals surface area contributed by atoms with Crippen LogP contribution in [0.3, 0.4) is 0 Å². The number of hydrogen-bond acceptors (Lipinski definition) is 3. The first-order valence-corrected chi connectivity index (χ1v) is 8.58. The average Bonchev–Trinajstić information content (AvgIpc) is 2.64. The van der Waals surface area contributed by atoms with Crippen molar-refractivity contribution in [1.82, 2.24) is 10.3 Å². The molecule has 26 heavy (non-hydrogen) atoms. The number of pyridine rings is 1. The molecule has 0 saturated heterocycles.